The van der Waals surface area contributed by atoms with E-state index in [-0.39, 0.29) is 16.0 Å². The Bertz CT molecular complexity index is 1030. The van der Waals surface area contributed by atoms with Crippen LogP contribution in [-0.2, 0) is 11.0 Å². The quantitative estimate of drug-likeness (QED) is 0.450. The summed E-state index contributed by atoms with van der Waals surface area (Å²) in [7, 11) is 1.52. The Balaban J connectivity index is 1.89. The number of benzene rings is 2. The number of nitrogens with zero attached hydrogens (tertiary/aromatic N) is 1. The van der Waals surface area contributed by atoms with Gasteiger partial charge in [0.1, 0.15) is 16.0 Å². The summed E-state index contributed by atoms with van der Waals surface area (Å²) in [6.07, 6.45) is -3.85. The first-order chi connectivity index (χ1) is 14.3. The van der Waals surface area contributed by atoms with E-state index in [1.54, 1.807) is 54.6 Å². The van der Waals surface area contributed by atoms with Crippen molar-refractivity contribution in [2.45, 2.75) is 16.5 Å². The van der Waals surface area contributed by atoms with Gasteiger partial charge in [0, 0.05) is 18.0 Å². The first-order valence-electron chi connectivity index (χ1n) is 8.67. The lowest BCUT2D eigenvalue weighted by molar-refractivity contribution is -0.137. The number of carbonyl (C=O) groups is 1. The molecule has 0 aliphatic rings. The molecule has 0 saturated heterocycles. The predicted molar refractivity (Wildman–Crippen MR) is 111 cm³/mol. The van der Waals surface area contributed by atoms with E-state index in [9.17, 15) is 18.0 Å². The summed E-state index contributed by atoms with van der Waals surface area (Å²) < 4.78 is 43.8. The molecule has 4 nitrogen and oxygen atoms in total. The lowest BCUT2D eigenvalue weighted by Gasteiger charge is -2.18. The number of rotatable bonds is 6. The topological polar surface area (TPSA) is 51.2 Å². The third kappa shape index (κ3) is 5.46. The molecule has 1 amide bonds. The van der Waals surface area contributed by atoms with Gasteiger partial charge in [0.15, 0.2) is 0 Å². The molecule has 9 heteroatoms. The van der Waals surface area contributed by atoms with Crippen molar-refractivity contribution in [2.75, 3.05) is 12.4 Å². The third-order valence-electron chi connectivity index (χ3n) is 4.04. The minimum Gasteiger partial charge on any atom is -0.497 e. The number of alkyl halides is 3. The molecular formula is C21H16ClF3N2O2S. The average molecular weight is 453 g/mol. The van der Waals surface area contributed by atoms with Gasteiger partial charge < -0.3 is 10.1 Å². The number of anilines is 1. The number of hydrogen-bond donors (Lipinski definition) is 1. The highest BCUT2D eigenvalue weighted by molar-refractivity contribution is 8.00. The molecule has 3 rings (SSSR count). The molecule has 0 aliphatic heterocycles. The van der Waals surface area contributed by atoms with Gasteiger partial charge in [-0.2, -0.15) is 13.2 Å². The van der Waals surface area contributed by atoms with Crippen molar-refractivity contribution in [3.05, 3.63) is 83.0 Å². The summed E-state index contributed by atoms with van der Waals surface area (Å²) in [4.78, 5) is 16.9. The first-order valence-corrected chi connectivity index (χ1v) is 9.93. The molecule has 1 N–H and O–H groups in total. The number of pyridine rings is 1. The highest BCUT2D eigenvalue weighted by Crippen LogP contribution is 2.40. The molecule has 156 valence electrons. The van der Waals surface area contributed by atoms with Crippen LogP contribution >= 0.6 is 23.4 Å². The molecule has 1 aromatic heterocycles. The zero-order valence-corrected chi connectivity index (χ0v) is 17.2. The average Bonchev–Trinajstić information content (AvgIpc) is 2.72. The summed E-state index contributed by atoms with van der Waals surface area (Å²) in [5.74, 6) is 0.196. The van der Waals surface area contributed by atoms with Crippen molar-refractivity contribution < 1.29 is 22.7 Å². The van der Waals surface area contributed by atoms with Crippen LogP contribution in [0, 0.1) is 0 Å². The van der Waals surface area contributed by atoms with Gasteiger partial charge in [-0.1, -0.05) is 59.8 Å². The number of thioether (sulfide) groups is 1. The predicted octanol–water partition coefficient (Wildman–Crippen LogP) is 6.23. The van der Waals surface area contributed by atoms with Gasteiger partial charge in [-0.15, -0.1) is 0 Å². The van der Waals surface area contributed by atoms with Crippen molar-refractivity contribution in [1.29, 1.82) is 0 Å². The summed E-state index contributed by atoms with van der Waals surface area (Å²) >= 11 is 7.01. The van der Waals surface area contributed by atoms with Crippen LogP contribution in [0.25, 0.3) is 0 Å². The lowest BCUT2D eigenvalue weighted by Crippen LogP contribution is -2.19. The smallest absolute Gasteiger partial charge is 0.417 e. The molecule has 1 heterocycles. The van der Waals surface area contributed by atoms with E-state index >= 15 is 0 Å². The maximum Gasteiger partial charge on any atom is 0.417 e. The highest BCUT2D eigenvalue weighted by atomic mass is 35.5. The van der Waals surface area contributed by atoms with E-state index in [2.05, 4.69) is 10.3 Å². The Morgan fingerprint density at radius 2 is 1.87 bits per heavy atom. The standard InChI is InChI=1S/C21H16ClF3N2O2S/c1-29-16-9-5-8-15(11-16)27-19(28)18(13-6-3-2-4-7-13)30-20-17(22)10-14(12-26-20)21(23,24)25/h2-12,18H,1H3,(H,27,28). The number of hydrogen-bond acceptors (Lipinski definition) is 4. The van der Waals surface area contributed by atoms with Crippen LogP contribution in [0.5, 0.6) is 5.75 Å². The lowest BCUT2D eigenvalue weighted by atomic mass is 10.1. The minimum absolute atomic E-state index is 0.124. The third-order valence-corrected chi connectivity index (χ3v) is 5.71. The van der Waals surface area contributed by atoms with Crippen LogP contribution in [0.2, 0.25) is 5.02 Å². The molecule has 0 fully saturated rings. The summed E-state index contributed by atoms with van der Waals surface area (Å²) in [6, 6.07) is 16.5. The van der Waals surface area contributed by atoms with Gasteiger partial charge >= 0.3 is 6.18 Å². The van der Waals surface area contributed by atoms with E-state index in [0.29, 0.717) is 23.2 Å². The maximum atomic E-state index is 13.0. The second kappa shape index (κ2) is 9.40. The summed E-state index contributed by atoms with van der Waals surface area (Å²) in [6.45, 7) is 0. The molecule has 1 unspecified atom stereocenters. The zero-order valence-electron chi connectivity index (χ0n) is 15.6. The number of methoxy groups -OCH3 is 1. The SMILES string of the molecule is COc1cccc(NC(=O)C(Sc2ncc(C(F)(F)F)cc2Cl)c2ccccc2)c1. The second-order valence-electron chi connectivity index (χ2n) is 6.14. The number of halogens is 4. The van der Waals surface area contributed by atoms with Crippen LogP contribution < -0.4 is 10.1 Å². The van der Waals surface area contributed by atoms with E-state index in [1.807, 2.05) is 0 Å². The minimum atomic E-state index is -4.55. The van der Waals surface area contributed by atoms with Crippen LogP contribution in [0.3, 0.4) is 0 Å². The summed E-state index contributed by atoms with van der Waals surface area (Å²) in [5.41, 5.74) is 0.224. The largest absolute Gasteiger partial charge is 0.497 e. The van der Waals surface area contributed by atoms with Gasteiger partial charge in [0.2, 0.25) is 5.91 Å². The maximum absolute atomic E-state index is 13.0. The van der Waals surface area contributed by atoms with Crippen LogP contribution in [-0.4, -0.2) is 18.0 Å². The van der Waals surface area contributed by atoms with Crippen molar-refractivity contribution in [2.24, 2.45) is 0 Å². The Kier molecular flexibility index (Phi) is 6.89. The highest BCUT2D eigenvalue weighted by Gasteiger charge is 2.32. The molecule has 0 spiro atoms. The molecule has 2 aromatic carbocycles. The Hall–Kier alpha value is -2.71. The molecule has 0 saturated carbocycles. The van der Waals surface area contributed by atoms with Gasteiger partial charge in [0.25, 0.3) is 0 Å². The van der Waals surface area contributed by atoms with Gasteiger partial charge in [-0.05, 0) is 23.8 Å². The van der Waals surface area contributed by atoms with E-state index in [4.69, 9.17) is 16.3 Å². The summed E-state index contributed by atoms with van der Waals surface area (Å²) in [5, 5.41) is 1.96. The van der Waals surface area contributed by atoms with E-state index in [1.165, 1.54) is 7.11 Å². The number of ether oxygens (including phenoxy) is 1. The van der Waals surface area contributed by atoms with Crippen molar-refractivity contribution >= 4 is 35.0 Å². The first kappa shape index (κ1) is 22.0. The number of amides is 1. The number of nitrogens with one attached hydrogen (secondary N) is 1. The Morgan fingerprint density at radius 3 is 2.50 bits per heavy atom. The monoisotopic (exact) mass is 452 g/mol. The van der Waals surface area contributed by atoms with Crippen LogP contribution in [0.1, 0.15) is 16.4 Å². The zero-order chi connectivity index (χ0) is 21.7. The van der Waals surface area contributed by atoms with E-state index < -0.39 is 17.0 Å². The molecule has 1 atom stereocenters. The van der Waals surface area contributed by atoms with Crippen molar-refractivity contribution in [1.82, 2.24) is 4.98 Å². The Morgan fingerprint density at radius 1 is 1.13 bits per heavy atom. The molecule has 3 aromatic rings. The molecule has 0 bridgehead atoms. The van der Waals surface area contributed by atoms with Crippen molar-refractivity contribution in [3.63, 3.8) is 0 Å². The molecule has 30 heavy (non-hydrogen) atoms. The normalized spacial score (nSPS) is 12.3. The van der Waals surface area contributed by atoms with Crippen LogP contribution in [0.15, 0.2) is 71.9 Å². The fourth-order valence-electron chi connectivity index (χ4n) is 2.59. The van der Waals surface area contributed by atoms with Gasteiger partial charge in [-0.3, -0.25) is 4.79 Å². The fourth-order valence-corrected chi connectivity index (χ4v) is 3.86. The van der Waals surface area contributed by atoms with E-state index in [0.717, 1.165) is 17.8 Å². The molecule has 0 aliphatic carbocycles. The second-order valence-corrected chi connectivity index (χ2v) is 7.64. The number of aromatic nitrogens is 1. The number of carbonyl (C=O) groups excluding carboxylic acids is 1. The van der Waals surface area contributed by atoms with Crippen molar-refractivity contribution in [3.8, 4) is 5.75 Å². The van der Waals surface area contributed by atoms with Gasteiger partial charge in [-0.25, -0.2) is 4.98 Å². The Labute approximate surface area is 180 Å². The molecular weight excluding hydrogens is 437 g/mol. The van der Waals surface area contributed by atoms with Gasteiger partial charge in [0.05, 0.1) is 17.7 Å². The van der Waals surface area contributed by atoms with Crippen LogP contribution in [0.4, 0.5) is 18.9 Å². The molecule has 0 radical (unpaired) electrons. The fraction of sp³-hybridized carbons (Fsp3) is 0.143.